The first-order chi connectivity index (χ1) is 9.22. The van der Waals surface area contributed by atoms with Crippen LogP contribution in [0, 0.1) is 0 Å². The summed E-state index contributed by atoms with van der Waals surface area (Å²) in [5.41, 5.74) is 0. The van der Waals surface area contributed by atoms with Gasteiger partial charge >= 0.3 is 0 Å². The normalized spacial score (nSPS) is 46.5. The number of fused-ring (bicyclic) bond motifs is 3. The van der Waals surface area contributed by atoms with Gasteiger partial charge in [-0.3, -0.25) is 0 Å². The average Bonchev–Trinajstić information content (AvgIpc) is 2.81. The van der Waals surface area contributed by atoms with Crippen molar-refractivity contribution in [1.29, 1.82) is 0 Å². The highest BCUT2D eigenvalue weighted by Crippen LogP contribution is 2.44. The van der Waals surface area contributed by atoms with Gasteiger partial charge in [0.25, 0.3) is 0 Å². The van der Waals surface area contributed by atoms with Crippen LogP contribution >= 0.6 is 0 Å². The van der Waals surface area contributed by atoms with E-state index in [4.69, 9.17) is 23.7 Å². The Morgan fingerprint density at radius 2 is 1.50 bits per heavy atom. The van der Waals surface area contributed by atoms with Crippen molar-refractivity contribution >= 4 is 0 Å². The van der Waals surface area contributed by atoms with Gasteiger partial charge in [-0.25, -0.2) is 0 Å². The second-order valence-corrected chi connectivity index (χ2v) is 6.36. The molecule has 3 rings (SSSR count). The molecule has 3 saturated heterocycles. The number of aliphatic hydroxyl groups is 1. The lowest BCUT2D eigenvalue weighted by Gasteiger charge is -2.38. The van der Waals surface area contributed by atoms with Crippen LogP contribution in [-0.4, -0.2) is 53.5 Å². The highest BCUT2D eigenvalue weighted by molar-refractivity contribution is 5.04. The largest absolute Gasteiger partial charge is 0.386 e. The molecule has 1 N–H and O–H groups in total. The summed E-state index contributed by atoms with van der Waals surface area (Å²) in [6, 6.07) is 0. The first kappa shape index (κ1) is 14.4. The van der Waals surface area contributed by atoms with Crippen molar-refractivity contribution in [3.63, 3.8) is 0 Å². The molecular formula is C14H22O6. The van der Waals surface area contributed by atoms with E-state index in [-0.39, 0.29) is 12.2 Å². The summed E-state index contributed by atoms with van der Waals surface area (Å²) in [6.45, 7) is 10.9. The van der Waals surface area contributed by atoms with Crippen LogP contribution in [0.3, 0.4) is 0 Å². The van der Waals surface area contributed by atoms with E-state index in [1.807, 2.05) is 27.7 Å². The molecular weight excluding hydrogens is 264 g/mol. The van der Waals surface area contributed by atoms with Gasteiger partial charge in [0, 0.05) is 0 Å². The molecule has 0 unspecified atom stereocenters. The van der Waals surface area contributed by atoms with Crippen LogP contribution in [0.5, 0.6) is 0 Å². The monoisotopic (exact) mass is 286 g/mol. The second-order valence-electron chi connectivity index (χ2n) is 6.36. The molecule has 0 aromatic rings. The fraction of sp³-hybridized carbons (Fsp3) is 0.857. The van der Waals surface area contributed by atoms with Crippen LogP contribution in [0.4, 0.5) is 0 Å². The van der Waals surface area contributed by atoms with Gasteiger partial charge in [0.2, 0.25) is 0 Å². The Balaban J connectivity index is 1.89. The van der Waals surface area contributed by atoms with Crippen molar-refractivity contribution in [2.75, 3.05) is 0 Å². The summed E-state index contributed by atoms with van der Waals surface area (Å²) in [7, 11) is 0. The molecule has 20 heavy (non-hydrogen) atoms. The molecule has 114 valence electrons. The Labute approximate surface area is 118 Å². The lowest BCUT2D eigenvalue weighted by Crippen LogP contribution is -2.58. The number of hydrogen-bond acceptors (Lipinski definition) is 6. The van der Waals surface area contributed by atoms with Crippen molar-refractivity contribution in [2.45, 2.75) is 76.1 Å². The maximum absolute atomic E-state index is 10.1. The molecule has 0 bridgehead atoms. The van der Waals surface area contributed by atoms with E-state index in [1.165, 1.54) is 6.08 Å². The van der Waals surface area contributed by atoms with Gasteiger partial charge in [-0.05, 0) is 27.7 Å². The quantitative estimate of drug-likeness (QED) is 0.762. The van der Waals surface area contributed by atoms with Gasteiger partial charge in [-0.1, -0.05) is 6.08 Å². The van der Waals surface area contributed by atoms with Gasteiger partial charge in [0.1, 0.15) is 30.5 Å². The summed E-state index contributed by atoms with van der Waals surface area (Å²) in [4.78, 5) is 0. The lowest BCUT2D eigenvalue weighted by molar-refractivity contribution is -0.247. The molecule has 3 fully saturated rings. The summed E-state index contributed by atoms with van der Waals surface area (Å²) in [5.74, 6) is -1.49. The molecule has 0 radical (unpaired) electrons. The number of aliphatic hydroxyl groups excluding tert-OH is 1. The smallest absolute Gasteiger partial charge is 0.190 e. The van der Waals surface area contributed by atoms with Crippen molar-refractivity contribution < 1.29 is 28.8 Å². The minimum atomic E-state index is -0.853. The molecule has 0 spiro atoms. The molecule has 3 heterocycles. The van der Waals surface area contributed by atoms with Gasteiger partial charge < -0.3 is 28.8 Å². The first-order valence-electron chi connectivity index (χ1n) is 6.90. The molecule has 0 amide bonds. The van der Waals surface area contributed by atoms with E-state index >= 15 is 0 Å². The summed E-state index contributed by atoms with van der Waals surface area (Å²) >= 11 is 0. The Kier molecular flexibility index (Phi) is 3.25. The predicted octanol–water partition coefficient (Wildman–Crippen LogP) is 0.930. The zero-order chi connectivity index (χ0) is 14.7. The minimum Gasteiger partial charge on any atom is -0.386 e. The van der Waals surface area contributed by atoms with E-state index < -0.39 is 36.2 Å². The number of hydrogen-bond donors (Lipinski definition) is 1. The maximum atomic E-state index is 10.1. The fourth-order valence-electron chi connectivity index (χ4n) is 3.05. The van der Waals surface area contributed by atoms with E-state index in [0.717, 1.165) is 0 Å². The summed E-state index contributed by atoms with van der Waals surface area (Å²) in [6.07, 6.45) is -1.72. The van der Waals surface area contributed by atoms with Crippen LogP contribution in [0.25, 0.3) is 0 Å². The Morgan fingerprint density at radius 3 is 2.15 bits per heavy atom. The third-order valence-corrected chi connectivity index (χ3v) is 3.77. The van der Waals surface area contributed by atoms with E-state index in [1.54, 1.807) is 0 Å². The molecule has 6 nitrogen and oxygen atoms in total. The van der Waals surface area contributed by atoms with Crippen molar-refractivity contribution in [2.24, 2.45) is 0 Å². The Bertz CT molecular complexity index is 406. The molecule has 0 aromatic heterocycles. The zero-order valence-electron chi connectivity index (χ0n) is 12.2. The fourth-order valence-corrected chi connectivity index (χ4v) is 3.05. The van der Waals surface area contributed by atoms with Crippen LogP contribution in [0.1, 0.15) is 27.7 Å². The van der Waals surface area contributed by atoms with Crippen LogP contribution in [0.2, 0.25) is 0 Å². The van der Waals surface area contributed by atoms with Crippen molar-refractivity contribution in [3.8, 4) is 0 Å². The summed E-state index contributed by atoms with van der Waals surface area (Å²) < 4.78 is 29.2. The topological polar surface area (TPSA) is 66.4 Å². The molecule has 0 saturated carbocycles. The third-order valence-electron chi connectivity index (χ3n) is 3.77. The standard InChI is InChI=1S/C14H22O6/c1-6-7(15)8-9-10(18-13(2,3)17-9)11-12(16-8)20-14(4,5)19-11/h6-12,15H,1H2,2-5H3/t7-,8+,9-,10-,11+,12+/m0/s1. The first-order valence-corrected chi connectivity index (χ1v) is 6.90. The molecule has 6 heteroatoms. The molecule has 6 atom stereocenters. The maximum Gasteiger partial charge on any atom is 0.190 e. The van der Waals surface area contributed by atoms with Crippen LogP contribution in [-0.2, 0) is 23.7 Å². The Morgan fingerprint density at radius 1 is 0.950 bits per heavy atom. The highest BCUT2D eigenvalue weighted by atomic mass is 16.9. The SMILES string of the molecule is C=C[C@H](O)[C@H]1O[C@@H]2OC(C)(C)O[C@@H]2[C@H]2OC(C)(C)O[C@H]21. The molecule has 0 aromatic carbocycles. The van der Waals surface area contributed by atoms with Crippen molar-refractivity contribution in [1.82, 2.24) is 0 Å². The van der Waals surface area contributed by atoms with Crippen LogP contribution < -0.4 is 0 Å². The second kappa shape index (κ2) is 4.50. The summed E-state index contributed by atoms with van der Waals surface area (Å²) in [5, 5.41) is 10.1. The van der Waals surface area contributed by atoms with E-state index in [9.17, 15) is 5.11 Å². The Hall–Kier alpha value is -0.500. The van der Waals surface area contributed by atoms with Gasteiger partial charge in [-0.2, -0.15) is 0 Å². The average molecular weight is 286 g/mol. The predicted molar refractivity (Wildman–Crippen MR) is 68.7 cm³/mol. The van der Waals surface area contributed by atoms with Gasteiger partial charge in [0.05, 0.1) is 0 Å². The number of rotatable bonds is 2. The van der Waals surface area contributed by atoms with Gasteiger partial charge in [-0.15, -0.1) is 6.58 Å². The third kappa shape index (κ3) is 2.30. The van der Waals surface area contributed by atoms with E-state index in [2.05, 4.69) is 6.58 Å². The highest BCUT2D eigenvalue weighted by Gasteiger charge is 2.61. The van der Waals surface area contributed by atoms with E-state index in [0.29, 0.717) is 0 Å². The molecule has 3 aliphatic rings. The van der Waals surface area contributed by atoms with Gasteiger partial charge in [0.15, 0.2) is 17.9 Å². The minimum absolute atomic E-state index is 0.342. The zero-order valence-corrected chi connectivity index (χ0v) is 12.2. The van der Waals surface area contributed by atoms with Crippen LogP contribution in [0.15, 0.2) is 12.7 Å². The number of ether oxygens (including phenoxy) is 5. The molecule has 0 aliphatic carbocycles. The lowest BCUT2D eigenvalue weighted by atomic mass is 9.95. The molecule has 3 aliphatic heterocycles. The van der Waals surface area contributed by atoms with Crippen molar-refractivity contribution in [3.05, 3.63) is 12.7 Å².